The predicted octanol–water partition coefficient (Wildman–Crippen LogP) is 5.17. The van der Waals surface area contributed by atoms with Crippen molar-refractivity contribution in [3.8, 4) is 5.75 Å². The molecule has 0 radical (unpaired) electrons. The maximum absolute atomic E-state index is 6.08. The predicted molar refractivity (Wildman–Crippen MR) is 90.5 cm³/mol. The number of aryl methyl sites for hydroxylation is 1. The van der Waals surface area contributed by atoms with E-state index in [1.165, 1.54) is 18.4 Å². The van der Waals surface area contributed by atoms with Crippen LogP contribution in [0, 0.1) is 0 Å². The van der Waals surface area contributed by atoms with Crippen molar-refractivity contribution in [1.29, 1.82) is 0 Å². The third kappa shape index (κ3) is 5.31. The van der Waals surface area contributed by atoms with Crippen LogP contribution in [0.4, 0.5) is 5.69 Å². The first-order valence-electron chi connectivity index (χ1n) is 7.49. The SMILES string of the molecule is CCCCc1ccc(OCCNc2ccccc2Cl)cc1. The number of ether oxygens (including phenoxy) is 1. The molecule has 0 saturated carbocycles. The Labute approximate surface area is 132 Å². The summed E-state index contributed by atoms with van der Waals surface area (Å²) in [6.07, 6.45) is 3.61. The van der Waals surface area contributed by atoms with Gasteiger partial charge < -0.3 is 10.1 Å². The smallest absolute Gasteiger partial charge is 0.119 e. The number of nitrogens with one attached hydrogen (secondary N) is 1. The summed E-state index contributed by atoms with van der Waals surface area (Å²) in [4.78, 5) is 0. The van der Waals surface area contributed by atoms with Crippen molar-refractivity contribution in [3.63, 3.8) is 0 Å². The molecule has 2 nitrogen and oxygen atoms in total. The standard InChI is InChI=1S/C18H22ClNO/c1-2-3-6-15-9-11-16(12-10-15)21-14-13-20-18-8-5-4-7-17(18)19/h4-5,7-12,20H,2-3,6,13-14H2,1H3. The van der Waals surface area contributed by atoms with Gasteiger partial charge in [0.05, 0.1) is 10.7 Å². The first-order valence-corrected chi connectivity index (χ1v) is 7.87. The van der Waals surface area contributed by atoms with Crippen molar-refractivity contribution < 1.29 is 4.74 Å². The summed E-state index contributed by atoms with van der Waals surface area (Å²) in [6.45, 7) is 3.55. The second-order valence-electron chi connectivity index (χ2n) is 5.00. The number of para-hydroxylation sites is 1. The maximum Gasteiger partial charge on any atom is 0.119 e. The van der Waals surface area contributed by atoms with Crippen LogP contribution in [-0.4, -0.2) is 13.2 Å². The van der Waals surface area contributed by atoms with E-state index in [-0.39, 0.29) is 0 Å². The Morgan fingerprint density at radius 2 is 1.81 bits per heavy atom. The zero-order valence-electron chi connectivity index (χ0n) is 12.4. The van der Waals surface area contributed by atoms with Crippen LogP contribution in [0.1, 0.15) is 25.3 Å². The summed E-state index contributed by atoms with van der Waals surface area (Å²) in [7, 11) is 0. The number of benzene rings is 2. The van der Waals surface area contributed by atoms with Gasteiger partial charge in [0.25, 0.3) is 0 Å². The molecule has 0 amide bonds. The van der Waals surface area contributed by atoms with E-state index < -0.39 is 0 Å². The molecule has 0 unspecified atom stereocenters. The fourth-order valence-corrected chi connectivity index (χ4v) is 2.29. The molecule has 0 saturated heterocycles. The van der Waals surface area contributed by atoms with Crippen LogP contribution >= 0.6 is 11.6 Å². The van der Waals surface area contributed by atoms with Gasteiger partial charge in [0, 0.05) is 6.54 Å². The highest BCUT2D eigenvalue weighted by atomic mass is 35.5. The van der Waals surface area contributed by atoms with Crippen molar-refractivity contribution >= 4 is 17.3 Å². The number of hydrogen-bond donors (Lipinski definition) is 1. The molecule has 3 heteroatoms. The molecule has 0 aromatic heterocycles. The summed E-state index contributed by atoms with van der Waals surface area (Å²) in [5, 5.41) is 4.00. The lowest BCUT2D eigenvalue weighted by molar-refractivity contribution is 0.333. The minimum Gasteiger partial charge on any atom is -0.492 e. The third-order valence-corrected chi connectivity index (χ3v) is 3.63. The Balaban J connectivity index is 1.72. The van der Waals surface area contributed by atoms with Gasteiger partial charge >= 0.3 is 0 Å². The molecule has 0 fully saturated rings. The molecule has 0 spiro atoms. The Morgan fingerprint density at radius 1 is 1.05 bits per heavy atom. The molecular weight excluding hydrogens is 282 g/mol. The number of hydrogen-bond acceptors (Lipinski definition) is 2. The number of unbranched alkanes of at least 4 members (excludes halogenated alkanes) is 1. The fourth-order valence-electron chi connectivity index (χ4n) is 2.09. The largest absolute Gasteiger partial charge is 0.492 e. The molecule has 0 aliphatic rings. The van der Waals surface area contributed by atoms with Gasteiger partial charge in [-0.05, 0) is 42.7 Å². The van der Waals surface area contributed by atoms with E-state index in [0.29, 0.717) is 6.61 Å². The van der Waals surface area contributed by atoms with Crippen molar-refractivity contribution in [2.24, 2.45) is 0 Å². The number of rotatable bonds is 8. The van der Waals surface area contributed by atoms with E-state index in [0.717, 1.165) is 29.4 Å². The topological polar surface area (TPSA) is 21.3 Å². The molecular formula is C18H22ClNO. The molecule has 0 bridgehead atoms. The van der Waals surface area contributed by atoms with E-state index in [2.05, 4.69) is 24.4 Å². The minimum atomic E-state index is 0.611. The molecule has 2 aromatic carbocycles. The summed E-state index contributed by atoms with van der Waals surface area (Å²) in [5.41, 5.74) is 2.32. The van der Waals surface area contributed by atoms with Gasteiger partial charge in [-0.2, -0.15) is 0 Å². The second kappa shape index (κ2) is 8.58. The van der Waals surface area contributed by atoms with Gasteiger partial charge in [0.1, 0.15) is 12.4 Å². The molecule has 0 aliphatic heterocycles. The zero-order chi connectivity index (χ0) is 14.9. The molecule has 0 aliphatic carbocycles. The highest BCUT2D eigenvalue weighted by Gasteiger charge is 1.98. The van der Waals surface area contributed by atoms with E-state index in [9.17, 15) is 0 Å². The van der Waals surface area contributed by atoms with Crippen molar-refractivity contribution in [1.82, 2.24) is 0 Å². The van der Waals surface area contributed by atoms with E-state index in [4.69, 9.17) is 16.3 Å². The van der Waals surface area contributed by atoms with E-state index in [1.54, 1.807) is 0 Å². The summed E-state index contributed by atoms with van der Waals surface area (Å²) in [5.74, 6) is 0.913. The molecule has 2 rings (SSSR count). The third-order valence-electron chi connectivity index (χ3n) is 3.30. The van der Waals surface area contributed by atoms with Gasteiger partial charge in [0.2, 0.25) is 0 Å². The number of anilines is 1. The van der Waals surface area contributed by atoms with Crippen LogP contribution in [0.25, 0.3) is 0 Å². The van der Waals surface area contributed by atoms with Crippen LogP contribution in [0.2, 0.25) is 5.02 Å². The molecule has 21 heavy (non-hydrogen) atoms. The Morgan fingerprint density at radius 3 is 2.52 bits per heavy atom. The molecule has 0 atom stereocenters. The Hall–Kier alpha value is -1.67. The highest BCUT2D eigenvalue weighted by molar-refractivity contribution is 6.33. The first kappa shape index (κ1) is 15.7. The van der Waals surface area contributed by atoms with Crippen molar-refractivity contribution in [2.45, 2.75) is 26.2 Å². The summed E-state index contributed by atoms with van der Waals surface area (Å²) >= 11 is 6.08. The summed E-state index contributed by atoms with van der Waals surface area (Å²) < 4.78 is 5.72. The van der Waals surface area contributed by atoms with Crippen molar-refractivity contribution in [2.75, 3.05) is 18.5 Å². The van der Waals surface area contributed by atoms with Gasteiger partial charge in [-0.3, -0.25) is 0 Å². The van der Waals surface area contributed by atoms with Crippen LogP contribution in [0.15, 0.2) is 48.5 Å². The second-order valence-corrected chi connectivity index (χ2v) is 5.41. The normalized spacial score (nSPS) is 10.4. The lowest BCUT2D eigenvalue weighted by Crippen LogP contribution is -2.11. The minimum absolute atomic E-state index is 0.611. The lowest BCUT2D eigenvalue weighted by atomic mass is 10.1. The van der Waals surface area contributed by atoms with Gasteiger partial charge in [0.15, 0.2) is 0 Å². The van der Waals surface area contributed by atoms with E-state index >= 15 is 0 Å². The van der Waals surface area contributed by atoms with Crippen molar-refractivity contribution in [3.05, 3.63) is 59.1 Å². The monoisotopic (exact) mass is 303 g/mol. The Kier molecular flexibility index (Phi) is 6.42. The lowest BCUT2D eigenvalue weighted by Gasteiger charge is -2.10. The summed E-state index contributed by atoms with van der Waals surface area (Å²) in [6, 6.07) is 16.1. The van der Waals surface area contributed by atoms with Gasteiger partial charge in [-0.1, -0.05) is 49.2 Å². The average Bonchev–Trinajstić information content (AvgIpc) is 2.52. The quantitative estimate of drug-likeness (QED) is 0.679. The van der Waals surface area contributed by atoms with E-state index in [1.807, 2.05) is 36.4 Å². The average molecular weight is 304 g/mol. The number of halogens is 1. The maximum atomic E-state index is 6.08. The van der Waals surface area contributed by atoms with Crippen LogP contribution in [0.3, 0.4) is 0 Å². The van der Waals surface area contributed by atoms with Crippen LogP contribution in [-0.2, 0) is 6.42 Å². The van der Waals surface area contributed by atoms with Gasteiger partial charge in [-0.25, -0.2) is 0 Å². The highest BCUT2D eigenvalue weighted by Crippen LogP contribution is 2.20. The van der Waals surface area contributed by atoms with Gasteiger partial charge in [-0.15, -0.1) is 0 Å². The fraction of sp³-hybridized carbons (Fsp3) is 0.333. The van der Waals surface area contributed by atoms with Crippen LogP contribution < -0.4 is 10.1 Å². The zero-order valence-corrected chi connectivity index (χ0v) is 13.2. The Bertz CT molecular complexity index is 539. The molecule has 1 N–H and O–H groups in total. The molecule has 112 valence electrons. The van der Waals surface area contributed by atoms with Crippen LogP contribution in [0.5, 0.6) is 5.75 Å². The molecule has 2 aromatic rings. The first-order chi connectivity index (χ1) is 10.3. The molecule has 0 heterocycles.